The number of nitrogens with one attached hydrogen (secondary N) is 1. The van der Waals surface area contributed by atoms with Gasteiger partial charge in [-0.3, -0.25) is 0 Å². The van der Waals surface area contributed by atoms with Gasteiger partial charge < -0.3 is 15.3 Å². The molecule has 33 heavy (non-hydrogen) atoms. The van der Waals surface area contributed by atoms with Crippen molar-refractivity contribution in [3.8, 4) is 22.9 Å². The average Bonchev–Trinajstić information content (AvgIpc) is 3.17. The van der Waals surface area contributed by atoms with Crippen LogP contribution < -0.4 is 10.2 Å². The monoisotopic (exact) mass is 437 g/mol. The number of nitrogens with zero attached hydrogens (tertiary/aromatic N) is 2. The molecule has 1 spiro atoms. The van der Waals surface area contributed by atoms with Crippen molar-refractivity contribution in [2.24, 2.45) is 10.8 Å². The van der Waals surface area contributed by atoms with Crippen molar-refractivity contribution in [1.29, 1.82) is 5.26 Å². The molecule has 4 nitrogen and oxygen atoms in total. The molecule has 3 aromatic carbocycles. The van der Waals surface area contributed by atoms with Crippen molar-refractivity contribution in [2.75, 3.05) is 17.3 Å². The zero-order valence-electron chi connectivity index (χ0n) is 20.1. The molecule has 1 atom stereocenters. The summed E-state index contributed by atoms with van der Waals surface area (Å²) in [5.41, 5.74) is 7.39. The van der Waals surface area contributed by atoms with E-state index in [2.05, 4.69) is 69.4 Å². The molecule has 1 unspecified atom stereocenters. The van der Waals surface area contributed by atoms with E-state index in [1.54, 1.807) is 0 Å². The van der Waals surface area contributed by atoms with E-state index in [-0.39, 0.29) is 16.2 Å². The molecule has 3 aromatic rings. The Morgan fingerprint density at radius 3 is 2.36 bits per heavy atom. The van der Waals surface area contributed by atoms with Crippen molar-refractivity contribution in [3.63, 3.8) is 0 Å². The zero-order chi connectivity index (χ0) is 23.3. The summed E-state index contributed by atoms with van der Waals surface area (Å²) in [6.45, 7) is 9.58. The molecule has 0 saturated heterocycles. The molecule has 2 aliphatic carbocycles. The lowest BCUT2D eigenvalue weighted by Crippen LogP contribution is -2.43. The third-order valence-corrected chi connectivity index (χ3v) is 8.16. The van der Waals surface area contributed by atoms with Gasteiger partial charge in [0.2, 0.25) is 0 Å². The van der Waals surface area contributed by atoms with Crippen molar-refractivity contribution in [2.45, 2.75) is 58.5 Å². The number of hydrogen-bond acceptors (Lipinski definition) is 4. The van der Waals surface area contributed by atoms with E-state index >= 15 is 0 Å². The van der Waals surface area contributed by atoms with Crippen LogP contribution in [0.25, 0.3) is 21.9 Å². The van der Waals surface area contributed by atoms with Crippen LogP contribution in [0, 0.1) is 22.2 Å². The summed E-state index contributed by atoms with van der Waals surface area (Å²) in [4.78, 5) is 1.98. The van der Waals surface area contributed by atoms with Gasteiger partial charge in [0, 0.05) is 17.8 Å². The van der Waals surface area contributed by atoms with Crippen LogP contribution in [0.15, 0.2) is 42.5 Å². The van der Waals surface area contributed by atoms with Gasteiger partial charge in [0.1, 0.15) is 11.8 Å². The quantitative estimate of drug-likeness (QED) is 0.408. The molecule has 2 N–H and O–H groups in total. The van der Waals surface area contributed by atoms with E-state index in [9.17, 15) is 10.4 Å². The van der Waals surface area contributed by atoms with Crippen LogP contribution in [-0.2, 0) is 5.41 Å². The second-order valence-corrected chi connectivity index (χ2v) is 12.0. The van der Waals surface area contributed by atoms with Gasteiger partial charge in [0.15, 0.2) is 6.17 Å². The highest BCUT2D eigenvalue weighted by atomic mass is 16.3. The molecule has 168 valence electrons. The third kappa shape index (κ3) is 2.69. The second-order valence-electron chi connectivity index (χ2n) is 12.0. The van der Waals surface area contributed by atoms with Gasteiger partial charge in [-0.15, -0.1) is 0 Å². The summed E-state index contributed by atoms with van der Waals surface area (Å²) in [6, 6.07) is 17.4. The largest absolute Gasteiger partial charge is 0.507 e. The molecular weight excluding hydrogens is 406 g/mol. The Hall–Kier alpha value is -3.19. The summed E-state index contributed by atoms with van der Waals surface area (Å²) in [7, 11) is 1.95. The van der Waals surface area contributed by atoms with E-state index in [1.165, 1.54) is 28.7 Å². The van der Waals surface area contributed by atoms with E-state index in [0.29, 0.717) is 5.75 Å². The Bertz CT molecular complexity index is 1360. The summed E-state index contributed by atoms with van der Waals surface area (Å²) in [5.74, 6) is 0.324. The van der Waals surface area contributed by atoms with Gasteiger partial charge in [-0.25, -0.2) is 0 Å². The molecule has 1 saturated carbocycles. The number of anilines is 2. The van der Waals surface area contributed by atoms with Crippen LogP contribution in [0.2, 0.25) is 0 Å². The Morgan fingerprint density at radius 1 is 0.970 bits per heavy atom. The number of benzene rings is 3. The lowest BCUT2D eigenvalue weighted by molar-refractivity contribution is 0.0645. The molecule has 1 heterocycles. The fraction of sp³-hybridized carbons (Fsp3) is 0.414. The van der Waals surface area contributed by atoms with Crippen LogP contribution in [0.5, 0.6) is 5.75 Å². The minimum absolute atomic E-state index is 0.110. The van der Waals surface area contributed by atoms with E-state index in [0.717, 1.165) is 35.0 Å². The number of fused-ring (bicyclic) bond motifs is 8. The van der Waals surface area contributed by atoms with Crippen LogP contribution >= 0.6 is 0 Å². The van der Waals surface area contributed by atoms with Gasteiger partial charge in [0.05, 0.1) is 11.4 Å². The SMILES string of the molecule is CN1c2cc3c4c(cc(O)c3cc2NC1C#N)C1(CC(C)(C)CC(C)(C)C1)c1ccccc1-4. The Morgan fingerprint density at radius 2 is 1.67 bits per heavy atom. The third-order valence-electron chi connectivity index (χ3n) is 8.16. The first kappa shape index (κ1) is 20.4. The van der Waals surface area contributed by atoms with Crippen LogP contribution in [0.4, 0.5) is 11.4 Å². The molecule has 0 amide bonds. The maximum atomic E-state index is 11.3. The second kappa shape index (κ2) is 6.23. The van der Waals surface area contributed by atoms with E-state index < -0.39 is 6.17 Å². The molecule has 0 bridgehead atoms. The molecule has 4 heteroatoms. The van der Waals surface area contributed by atoms with E-state index in [1.807, 2.05) is 24.1 Å². The smallest absolute Gasteiger partial charge is 0.189 e. The molecule has 3 aliphatic rings. The van der Waals surface area contributed by atoms with Gasteiger partial charge in [-0.1, -0.05) is 52.0 Å². The number of aromatic hydroxyl groups is 1. The highest BCUT2D eigenvalue weighted by Crippen LogP contribution is 2.65. The lowest BCUT2D eigenvalue weighted by atomic mass is 9.52. The highest BCUT2D eigenvalue weighted by molar-refractivity contribution is 6.09. The zero-order valence-corrected chi connectivity index (χ0v) is 20.1. The Labute approximate surface area is 195 Å². The first-order valence-corrected chi connectivity index (χ1v) is 11.9. The first-order valence-electron chi connectivity index (χ1n) is 11.9. The number of nitriles is 1. The van der Waals surface area contributed by atoms with Crippen molar-refractivity contribution >= 4 is 22.1 Å². The maximum absolute atomic E-state index is 11.3. The fourth-order valence-corrected chi connectivity index (χ4v) is 7.78. The molecule has 1 aliphatic heterocycles. The highest BCUT2D eigenvalue weighted by Gasteiger charge is 2.53. The minimum atomic E-state index is -0.398. The van der Waals surface area contributed by atoms with Gasteiger partial charge in [-0.05, 0) is 75.9 Å². The van der Waals surface area contributed by atoms with Gasteiger partial charge >= 0.3 is 0 Å². The number of phenolic OH excluding ortho intramolecular Hbond substituents is 1. The van der Waals surface area contributed by atoms with Crippen LogP contribution in [-0.4, -0.2) is 18.3 Å². The predicted octanol–water partition coefficient (Wildman–Crippen LogP) is 6.76. The first-order chi connectivity index (χ1) is 15.6. The molecule has 1 fully saturated rings. The molecular formula is C29H31N3O. The van der Waals surface area contributed by atoms with Crippen molar-refractivity contribution in [1.82, 2.24) is 0 Å². The van der Waals surface area contributed by atoms with Crippen LogP contribution in [0.1, 0.15) is 58.1 Å². The van der Waals surface area contributed by atoms with E-state index in [4.69, 9.17) is 0 Å². The van der Waals surface area contributed by atoms with Gasteiger partial charge in [0.25, 0.3) is 0 Å². The number of phenols is 1. The Kier molecular flexibility index (Phi) is 3.85. The molecule has 0 aromatic heterocycles. The average molecular weight is 438 g/mol. The van der Waals surface area contributed by atoms with Crippen LogP contribution in [0.3, 0.4) is 0 Å². The predicted molar refractivity (Wildman–Crippen MR) is 135 cm³/mol. The summed E-state index contributed by atoms with van der Waals surface area (Å²) in [5, 5.41) is 26.0. The van der Waals surface area contributed by atoms with Crippen molar-refractivity contribution < 1.29 is 5.11 Å². The summed E-state index contributed by atoms with van der Waals surface area (Å²) < 4.78 is 0. The normalized spacial score (nSPS) is 23.0. The van der Waals surface area contributed by atoms with Gasteiger partial charge in [-0.2, -0.15) is 5.26 Å². The summed E-state index contributed by atoms with van der Waals surface area (Å²) >= 11 is 0. The fourth-order valence-electron chi connectivity index (χ4n) is 7.78. The lowest BCUT2D eigenvalue weighted by Gasteiger charge is -2.51. The van der Waals surface area contributed by atoms with Crippen molar-refractivity contribution in [3.05, 3.63) is 53.6 Å². The Balaban J connectivity index is 1.70. The topological polar surface area (TPSA) is 59.3 Å². The maximum Gasteiger partial charge on any atom is 0.189 e. The summed E-state index contributed by atoms with van der Waals surface area (Å²) in [6.07, 6.45) is 2.94. The number of rotatable bonds is 0. The molecule has 6 rings (SSSR count). The molecule has 0 radical (unpaired) electrons. The standard InChI is InChI=1S/C29H31N3O/c1-27(2)14-28(3,4)16-29(15-27)20-9-7-6-8-17(20)26-19-11-23-22(31-25(13-30)32(23)5)10-18(19)24(33)12-21(26)29/h6-12,25,31,33H,14-16H2,1-5H3. The minimum Gasteiger partial charge on any atom is -0.507 e. The number of hydrogen-bond donors (Lipinski definition) is 2.